The molecule has 0 spiro atoms. The fourth-order valence-electron chi connectivity index (χ4n) is 2.34. The van der Waals surface area contributed by atoms with Gasteiger partial charge >= 0.3 is 0 Å². The number of hydrogen-bond donors (Lipinski definition) is 0. The normalized spacial score (nSPS) is 11.4. The molecule has 0 aliphatic heterocycles. The topological polar surface area (TPSA) is 17.1 Å². The predicted octanol–water partition coefficient (Wildman–Crippen LogP) is 2.75. The molecule has 15 heavy (non-hydrogen) atoms. The van der Waals surface area contributed by atoms with E-state index in [-0.39, 0.29) is 0 Å². The second-order valence-corrected chi connectivity index (χ2v) is 9.18. The van der Waals surface area contributed by atoms with Gasteiger partial charge in [0.05, 0.1) is 8.80 Å². The summed E-state index contributed by atoms with van der Waals surface area (Å²) in [4.78, 5) is 10.6. The van der Waals surface area contributed by atoms with Crippen molar-refractivity contribution in [3.63, 3.8) is 0 Å². The molecule has 0 atom stereocenters. The highest BCUT2D eigenvalue weighted by Crippen LogP contribution is 2.19. The Morgan fingerprint density at radius 3 is 1.80 bits per heavy atom. The monoisotopic (exact) mass is 220 g/mol. The number of carbonyl (C=O) groups is 1. The van der Waals surface area contributed by atoms with E-state index in [4.69, 9.17) is 0 Å². The van der Waals surface area contributed by atoms with E-state index in [1.165, 1.54) is 5.19 Å². The van der Waals surface area contributed by atoms with Gasteiger partial charge in [-0.2, -0.15) is 0 Å². The van der Waals surface area contributed by atoms with Crippen LogP contribution < -0.4 is 5.19 Å². The van der Waals surface area contributed by atoms with E-state index in [0.29, 0.717) is 0 Å². The molecule has 1 aromatic rings. The van der Waals surface area contributed by atoms with Crippen LogP contribution in [0, 0.1) is 0 Å². The van der Waals surface area contributed by atoms with Crippen LogP contribution in [0.3, 0.4) is 0 Å². The van der Waals surface area contributed by atoms with E-state index < -0.39 is 8.80 Å². The van der Waals surface area contributed by atoms with Gasteiger partial charge in [0.15, 0.2) is 0 Å². The minimum absolute atomic E-state index is 0.770. The second kappa shape index (κ2) is 5.26. The molecule has 0 N–H and O–H groups in total. The van der Waals surface area contributed by atoms with Gasteiger partial charge in [0.2, 0.25) is 0 Å². The Bertz CT molecular complexity index is 306. The zero-order valence-corrected chi connectivity index (χ0v) is 11.2. The minimum atomic E-state index is -0.886. The van der Waals surface area contributed by atoms with Gasteiger partial charge in [0, 0.05) is 5.56 Å². The van der Waals surface area contributed by atoms with Crippen molar-refractivity contribution < 1.29 is 4.79 Å². The van der Waals surface area contributed by atoms with Crippen molar-refractivity contribution in [2.24, 2.45) is 0 Å². The highest BCUT2D eigenvalue weighted by atomic mass is 28.3. The zero-order valence-electron chi connectivity index (χ0n) is 10.0. The van der Waals surface area contributed by atoms with E-state index >= 15 is 0 Å². The first-order valence-corrected chi connectivity index (χ1v) is 7.52. The summed E-state index contributed by atoms with van der Waals surface area (Å²) in [5, 5.41) is 1.48. The maximum Gasteiger partial charge on any atom is 0.150 e. The summed E-state index contributed by atoms with van der Waals surface area (Å²) < 4.78 is 0. The summed E-state index contributed by atoms with van der Waals surface area (Å²) >= 11 is 0. The third-order valence-electron chi connectivity index (χ3n) is 2.89. The molecule has 0 fully saturated rings. The highest BCUT2D eigenvalue weighted by Gasteiger charge is 2.21. The number of carbonyl (C=O) groups excluding carboxylic acids is 1. The van der Waals surface area contributed by atoms with Gasteiger partial charge < -0.3 is 0 Å². The molecule has 0 amide bonds. The van der Waals surface area contributed by atoms with Crippen molar-refractivity contribution in [2.45, 2.75) is 38.8 Å². The van der Waals surface area contributed by atoms with Crippen molar-refractivity contribution in [2.75, 3.05) is 0 Å². The summed E-state index contributed by atoms with van der Waals surface area (Å²) in [6.07, 6.45) is 0.908. The lowest BCUT2D eigenvalue weighted by Crippen LogP contribution is -2.35. The number of benzene rings is 1. The molecule has 0 aliphatic carbocycles. The van der Waals surface area contributed by atoms with Crippen LogP contribution >= 0.6 is 0 Å². The van der Waals surface area contributed by atoms with E-state index in [1.807, 2.05) is 12.1 Å². The van der Waals surface area contributed by atoms with E-state index in [2.05, 4.69) is 39.8 Å². The molecule has 2 heteroatoms. The molecule has 82 valence electrons. The molecule has 0 saturated heterocycles. The van der Waals surface area contributed by atoms with Crippen LogP contribution in [0.1, 0.15) is 38.1 Å². The molecular formula is C13H20OSi. The van der Waals surface area contributed by atoms with Crippen molar-refractivity contribution >= 4 is 20.3 Å². The zero-order chi connectivity index (χ0) is 11.4. The Hall–Kier alpha value is -0.893. The Kier molecular flexibility index (Phi) is 4.27. The first-order chi connectivity index (χ1) is 7.06. The molecular weight excluding hydrogens is 200 g/mol. The molecule has 0 saturated carbocycles. The summed E-state index contributed by atoms with van der Waals surface area (Å²) in [5.74, 6) is 0. The number of aldehydes is 1. The lowest BCUT2D eigenvalue weighted by Gasteiger charge is -2.23. The minimum Gasteiger partial charge on any atom is -0.298 e. The van der Waals surface area contributed by atoms with Crippen molar-refractivity contribution in [3.05, 3.63) is 29.8 Å². The van der Waals surface area contributed by atoms with Gasteiger partial charge in [0.25, 0.3) is 0 Å². The van der Waals surface area contributed by atoms with E-state index in [1.54, 1.807) is 0 Å². The van der Waals surface area contributed by atoms with Crippen molar-refractivity contribution in [1.29, 1.82) is 0 Å². The number of hydrogen-bond acceptors (Lipinski definition) is 1. The lowest BCUT2D eigenvalue weighted by molar-refractivity contribution is 0.112. The Balaban J connectivity index is 2.96. The van der Waals surface area contributed by atoms with Gasteiger partial charge in [-0.15, -0.1) is 0 Å². The van der Waals surface area contributed by atoms with Gasteiger partial charge in [0.1, 0.15) is 6.29 Å². The van der Waals surface area contributed by atoms with Crippen LogP contribution in [0.25, 0.3) is 0 Å². The molecule has 0 aromatic heterocycles. The summed E-state index contributed by atoms with van der Waals surface area (Å²) in [6, 6.07) is 8.15. The molecule has 0 heterocycles. The van der Waals surface area contributed by atoms with Gasteiger partial charge in [-0.1, -0.05) is 57.1 Å². The van der Waals surface area contributed by atoms with Crippen molar-refractivity contribution in [3.8, 4) is 0 Å². The smallest absolute Gasteiger partial charge is 0.150 e. The fraction of sp³-hybridized carbons (Fsp3) is 0.462. The van der Waals surface area contributed by atoms with Crippen LogP contribution in [0.5, 0.6) is 0 Å². The molecule has 0 bridgehead atoms. The highest BCUT2D eigenvalue weighted by molar-refractivity contribution is 6.75. The molecule has 0 unspecified atom stereocenters. The van der Waals surface area contributed by atoms with Crippen LogP contribution in [0.4, 0.5) is 0 Å². The number of rotatable bonds is 4. The Labute approximate surface area is 94.1 Å². The second-order valence-electron chi connectivity index (χ2n) is 4.80. The van der Waals surface area contributed by atoms with Gasteiger partial charge in [-0.25, -0.2) is 0 Å². The van der Waals surface area contributed by atoms with Gasteiger partial charge in [-0.05, 0) is 11.1 Å². The molecule has 1 nitrogen and oxygen atoms in total. The van der Waals surface area contributed by atoms with Gasteiger partial charge in [-0.3, -0.25) is 4.79 Å². The Morgan fingerprint density at radius 2 is 1.47 bits per heavy atom. The quantitative estimate of drug-likeness (QED) is 0.563. The fourth-order valence-corrected chi connectivity index (χ4v) is 6.05. The summed E-state index contributed by atoms with van der Waals surface area (Å²) in [7, 11) is -0.886. The van der Waals surface area contributed by atoms with E-state index in [0.717, 1.165) is 22.9 Å². The summed E-state index contributed by atoms with van der Waals surface area (Å²) in [6.45, 7) is 9.24. The van der Waals surface area contributed by atoms with Crippen LogP contribution in [0.15, 0.2) is 24.3 Å². The van der Waals surface area contributed by atoms with Crippen LogP contribution in [-0.4, -0.2) is 15.1 Å². The third kappa shape index (κ3) is 3.03. The molecule has 0 radical (unpaired) electrons. The molecule has 1 rings (SSSR count). The largest absolute Gasteiger partial charge is 0.298 e. The Morgan fingerprint density at radius 1 is 1.00 bits per heavy atom. The summed E-state index contributed by atoms with van der Waals surface area (Å²) in [5.41, 5.74) is 2.32. The SMILES string of the molecule is CC(C)[SiH](c1ccc(C=O)cc1)C(C)C. The average molecular weight is 220 g/mol. The average Bonchev–Trinajstić information content (AvgIpc) is 2.18. The predicted molar refractivity (Wildman–Crippen MR) is 68.8 cm³/mol. The maximum atomic E-state index is 10.6. The third-order valence-corrected chi connectivity index (χ3v) is 6.92. The first-order valence-electron chi connectivity index (χ1n) is 5.61. The van der Waals surface area contributed by atoms with Crippen LogP contribution in [-0.2, 0) is 0 Å². The van der Waals surface area contributed by atoms with Crippen LogP contribution in [0.2, 0.25) is 11.1 Å². The van der Waals surface area contributed by atoms with E-state index in [9.17, 15) is 4.79 Å². The first kappa shape index (κ1) is 12.2. The van der Waals surface area contributed by atoms with Crippen molar-refractivity contribution in [1.82, 2.24) is 0 Å². The molecule has 1 aromatic carbocycles. The molecule has 0 aliphatic rings. The lowest BCUT2D eigenvalue weighted by atomic mass is 10.2. The maximum absolute atomic E-state index is 10.6. The standard InChI is InChI=1S/C13H20OSi/c1-10(2)15(11(3)4)13-7-5-12(9-14)6-8-13/h5-11,15H,1-4H3.